The van der Waals surface area contributed by atoms with Gasteiger partial charge in [0.05, 0.1) is 13.3 Å². The number of methoxy groups -OCH3 is 1. The van der Waals surface area contributed by atoms with E-state index in [-0.39, 0.29) is 18.1 Å². The van der Waals surface area contributed by atoms with Gasteiger partial charge >= 0.3 is 0 Å². The summed E-state index contributed by atoms with van der Waals surface area (Å²) in [6.45, 7) is 9.94. The summed E-state index contributed by atoms with van der Waals surface area (Å²) in [5.74, 6) is 1.49. The summed E-state index contributed by atoms with van der Waals surface area (Å²) >= 11 is 0. The van der Waals surface area contributed by atoms with Gasteiger partial charge in [0.1, 0.15) is 11.5 Å². The van der Waals surface area contributed by atoms with Crippen LogP contribution in [0.15, 0.2) is 47.6 Å². The Morgan fingerprint density at radius 1 is 1.23 bits per heavy atom. The third kappa shape index (κ3) is 4.93. The van der Waals surface area contributed by atoms with Crippen molar-refractivity contribution in [2.24, 2.45) is 5.10 Å². The molecule has 0 aliphatic carbocycles. The van der Waals surface area contributed by atoms with Gasteiger partial charge in [-0.25, -0.2) is 5.43 Å². The van der Waals surface area contributed by atoms with Crippen LogP contribution >= 0.6 is 0 Å². The standard InChI is InChI=1S/C24H31N3O3/c1-6-27-22-12-7-18(13-21(22)17(2)14-24(27,3)4)15-25-26-23(28)16-30-20-10-8-19(29-5)9-11-20/h7-13,15,17H,6,14,16H2,1-5H3,(H,26,28)/b25-15+/t17-/m0/s1. The number of benzene rings is 2. The summed E-state index contributed by atoms with van der Waals surface area (Å²) in [7, 11) is 1.60. The lowest BCUT2D eigenvalue weighted by atomic mass is 9.79. The van der Waals surface area contributed by atoms with Gasteiger partial charge in [-0.1, -0.05) is 13.0 Å². The lowest BCUT2D eigenvalue weighted by molar-refractivity contribution is -0.123. The number of fused-ring (bicyclic) bond motifs is 1. The monoisotopic (exact) mass is 409 g/mol. The predicted molar refractivity (Wildman–Crippen MR) is 121 cm³/mol. The maximum Gasteiger partial charge on any atom is 0.277 e. The molecule has 6 nitrogen and oxygen atoms in total. The molecule has 1 atom stereocenters. The average Bonchev–Trinajstić information content (AvgIpc) is 2.72. The van der Waals surface area contributed by atoms with Crippen LogP contribution in [0.2, 0.25) is 0 Å². The van der Waals surface area contributed by atoms with Crippen molar-refractivity contribution >= 4 is 17.8 Å². The Bertz CT molecular complexity index is 906. The van der Waals surface area contributed by atoms with Crippen LogP contribution in [0, 0.1) is 0 Å². The second kappa shape index (κ2) is 9.20. The van der Waals surface area contributed by atoms with Gasteiger partial charge in [-0.3, -0.25) is 4.79 Å². The van der Waals surface area contributed by atoms with E-state index in [0.29, 0.717) is 11.7 Å². The van der Waals surface area contributed by atoms with Crippen molar-refractivity contribution in [2.75, 3.05) is 25.2 Å². The zero-order valence-corrected chi connectivity index (χ0v) is 18.4. The van der Waals surface area contributed by atoms with Gasteiger partial charge in [0, 0.05) is 17.8 Å². The first-order valence-corrected chi connectivity index (χ1v) is 10.3. The molecule has 0 radical (unpaired) electrons. The normalized spacial score (nSPS) is 17.5. The van der Waals surface area contributed by atoms with Crippen LogP contribution < -0.4 is 19.8 Å². The number of hydrogen-bond donors (Lipinski definition) is 1. The first-order valence-electron chi connectivity index (χ1n) is 10.3. The molecule has 30 heavy (non-hydrogen) atoms. The molecule has 1 aliphatic rings. The van der Waals surface area contributed by atoms with E-state index in [2.05, 4.69) is 55.3 Å². The largest absolute Gasteiger partial charge is 0.497 e. The molecule has 0 fully saturated rings. The van der Waals surface area contributed by atoms with Gasteiger partial charge in [-0.15, -0.1) is 0 Å². The number of carbonyl (C=O) groups excluding carboxylic acids is 1. The SMILES string of the molecule is CCN1c2ccc(/C=N/NC(=O)COc3ccc(OC)cc3)cc2[C@@H](C)CC1(C)C. The molecule has 6 heteroatoms. The van der Waals surface area contributed by atoms with Crippen LogP contribution in [0.1, 0.15) is 51.2 Å². The second-order valence-electron chi connectivity index (χ2n) is 8.24. The highest BCUT2D eigenvalue weighted by Crippen LogP contribution is 2.43. The molecule has 0 saturated carbocycles. The molecule has 160 valence electrons. The van der Waals surface area contributed by atoms with Crippen molar-refractivity contribution in [1.82, 2.24) is 5.43 Å². The van der Waals surface area contributed by atoms with E-state index >= 15 is 0 Å². The molecular weight excluding hydrogens is 378 g/mol. The number of ether oxygens (including phenoxy) is 2. The maximum absolute atomic E-state index is 12.0. The maximum atomic E-state index is 12.0. The van der Waals surface area contributed by atoms with Crippen LogP contribution in [0.25, 0.3) is 0 Å². The van der Waals surface area contributed by atoms with Gasteiger partial charge in [-0.05, 0) is 80.6 Å². The van der Waals surface area contributed by atoms with E-state index in [1.54, 1.807) is 37.6 Å². The van der Waals surface area contributed by atoms with E-state index in [9.17, 15) is 4.79 Å². The van der Waals surface area contributed by atoms with Crippen molar-refractivity contribution in [1.29, 1.82) is 0 Å². The minimum Gasteiger partial charge on any atom is -0.497 e. The number of carbonyl (C=O) groups is 1. The summed E-state index contributed by atoms with van der Waals surface area (Å²) in [6.07, 6.45) is 2.78. The van der Waals surface area contributed by atoms with Crippen molar-refractivity contribution < 1.29 is 14.3 Å². The van der Waals surface area contributed by atoms with E-state index < -0.39 is 0 Å². The fourth-order valence-corrected chi connectivity index (χ4v) is 4.22. The fraction of sp³-hybridized carbons (Fsp3) is 0.417. The Hall–Kier alpha value is -3.02. The van der Waals surface area contributed by atoms with Crippen molar-refractivity contribution in [2.45, 2.75) is 45.6 Å². The van der Waals surface area contributed by atoms with Crippen LogP contribution in [0.5, 0.6) is 11.5 Å². The molecule has 2 aromatic carbocycles. The molecule has 3 rings (SSSR count). The summed E-state index contributed by atoms with van der Waals surface area (Å²) in [4.78, 5) is 14.4. The molecule has 1 N–H and O–H groups in total. The summed E-state index contributed by atoms with van der Waals surface area (Å²) < 4.78 is 10.6. The molecule has 0 unspecified atom stereocenters. The molecule has 0 spiro atoms. The van der Waals surface area contributed by atoms with Gasteiger partial charge in [0.25, 0.3) is 5.91 Å². The molecule has 1 heterocycles. The molecule has 1 amide bonds. The van der Waals surface area contributed by atoms with Crippen LogP contribution in [0.4, 0.5) is 5.69 Å². The zero-order valence-electron chi connectivity index (χ0n) is 18.4. The number of hydrogen-bond acceptors (Lipinski definition) is 5. The topological polar surface area (TPSA) is 63.2 Å². The van der Waals surface area contributed by atoms with Crippen LogP contribution in [0.3, 0.4) is 0 Å². The Morgan fingerprint density at radius 2 is 1.93 bits per heavy atom. The zero-order chi connectivity index (χ0) is 21.7. The lowest BCUT2D eigenvalue weighted by Crippen LogP contribution is -2.48. The van der Waals surface area contributed by atoms with E-state index in [1.807, 2.05) is 6.07 Å². The third-order valence-corrected chi connectivity index (χ3v) is 5.56. The average molecular weight is 410 g/mol. The van der Waals surface area contributed by atoms with Crippen LogP contribution in [-0.4, -0.2) is 37.9 Å². The van der Waals surface area contributed by atoms with Gasteiger partial charge in [0.2, 0.25) is 0 Å². The van der Waals surface area contributed by atoms with Crippen molar-refractivity contribution in [3.63, 3.8) is 0 Å². The quantitative estimate of drug-likeness (QED) is 0.546. The third-order valence-electron chi connectivity index (χ3n) is 5.56. The molecular formula is C24H31N3O3. The number of amides is 1. The summed E-state index contributed by atoms with van der Waals surface area (Å²) in [6, 6.07) is 13.4. The highest BCUT2D eigenvalue weighted by atomic mass is 16.5. The molecule has 0 saturated heterocycles. The Morgan fingerprint density at radius 3 is 2.60 bits per heavy atom. The summed E-state index contributed by atoms with van der Waals surface area (Å²) in [5, 5.41) is 4.08. The Labute approximate surface area is 178 Å². The van der Waals surface area contributed by atoms with Gasteiger partial charge in [-0.2, -0.15) is 5.10 Å². The van der Waals surface area contributed by atoms with Gasteiger partial charge < -0.3 is 14.4 Å². The lowest BCUT2D eigenvalue weighted by Gasteiger charge is -2.47. The first-order chi connectivity index (χ1) is 14.3. The van der Waals surface area contributed by atoms with Crippen molar-refractivity contribution in [3.05, 3.63) is 53.6 Å². The Kier molecular flexibility index (Phi) is 6.65. The van der Waals surface area contributed by atoms with E-state index in [4.69, 9.17) is 9.47 Å². The molecule has 2 aromatic rings. The second-order valence-corrected chi connectivity index (χ2v) is 8.24. The van der Waals surface area contributed by atoms with E-state index in [0.717, 1.165) is 24.3 Å². The highest BCUT2D eigenvalue weighted by Gasteiger charge is 2.35. The predicted octanol–water partition coefficient (Wildman–Crippen LogP) is 4.34. The highest BCUT2D eigenvalue weighted by molar-refractivity contribution is 5.84. The minimum atomic E-state index is -0.313. The number of hydrazone groups is 1. The summed E-state index contributed by atoms with van der Waals surface area (Å²) in [5.41, 5.74) is 6.25. The first kappa shape index (κ1) is 21.7. The van der Waals surface area contributed by atoms with Crippen molar-refractivity contribution in [3.8, 4) is 11.5 Å². The fourth-order valence-electron chi connectivity index (χ4n) is 4.22. The van der Waals surface area contributed by atoms with Gasteiger partial charge in [0.15, 0.2) is 6.61 Å². The van der Waals surface area contributed by atoms with E-state index in [1.165, 1.54) is 11.3 Å². The molecule has 0 aromatic heterocycles. The molecule has 1 aliphatic heterocycles. The Balaban J connectivity index is 1.58. The number of nitrogens with zero attached hydrogens (tertiary/aromatic N) is 2. The number of anilines is 1. The number of nitrogens with one attached hydrogen (secondary N) is 1. The minimum absolute atomic E-state index is 0.106. The number of rotatable bonds is 7. The van der Waals surface area contributed by atoms with Crippen LogP contribution in [-0.2, 0) is 4.79 Å². The molecule has 0 bridgehead atoms. The smallest absolute Gasteiger partial charge is 0.277 e.